The van der Waals surface area contributed by atoms with Crippen molar-refractivity contribution in [2.45, 2.75) is 26.9 Å². The Balaban J connectivity index is 2.11. The van der Waals surface area contributed by atoms with Crippen LogP contribution in [0.4, 0.5) is 5.95 Å². The van der Waals surface area contributed by atoms with Gasteiger partial charge in [0.1, 0.15) is 17.0 Å². The number of anilines is 1. The Bertz CT molecular complexity index is 1130. The maximum atomic E-state index is 12.9. The molecule has 0 unspecified atom stereocenters. The molecule has 0 radical (unpaired) electrons. The number of methoxy groups -OCH3 is 1. The summed E-state index contributed by atoms with van der Waals surface area (Å²) in [5.41, 5.74) is 8.05. The number of carbonyl (C=O) groups excluding carboxylic acids is 2. The van der Waals surface area contributed by atoms with Crippen molar-refractivity contribution in [1.82, 2.24) is 19.3 Å². The number of amides is 2. The first kappa shape index (κ1) is 21.6. The molecule has 158 valence electrons. The molecule has 0 fully saturated rings. The lowest BCUT2D eigenvalue weighted by Crippen LogP contribution is -2.19. The van der Waals surface area contributed by atoms with Crippen LogP contribution in [-0.2, 0) is 13.1 Å². The van der Waals surface area contributed by atoms with Gasteiger partial charge in [-0.15, -0.1) is 0 Å². The third-order valence-corrected chi connectivity index (χ3v) is 4.89. The first-order valence-corrected chi connectivity index (χ1v) is 10.5. The summed E-state index contributed by atoms with van der Waals surface area (Å²) < 4.78 is 8.93. The number of rotatable bonds is 8. The summed E-state index contributed by atoms with van der Waals surface area (Å²) >= 11 is 3.36. The van der Waals surface area contributed by atoms with Crippen LogP contribution in [0.3, 0.4) is 0 Å². The summed E-state index contributed by atoms with van der Waals surface area (Å²) in [7, 11) is 1.51. The zero-order valence-corrected chi connectivity index (χ0v) is 18.6. The van der Waals surface area contributed by atoms with Crippen molar-refractivity contribution < 1.29 is 14.3 Å². The third-order valence-electron chi connectivity index (χ3n) is 4.51. The number of aromatic nitrogens is 4. The van der Waals surface area contributed by atoms with Crippen LogP contribution in [0.2, 0.25) is 0 Å². The highest BCUT2D eigenvalue weighted by atomic mass is 79.9. The molecule has 0 spiro atoms. The van der Waals surface area contributed by atoms with E-state index in [1.54, 1.807) is 22.9 Å². The summed E-state index contributed by atoms with van der Waals surface area (Å²) in [6, 6.07) is 4.88. The first-order valence-electron chi connectivity index (χ1n) is 9.34. The van der Waals surface area contributed by atoms with Gasteiger partial charge in [-0.05, 0) is 32.0 Å². The summed E-state index contributed by atoms with van der Waals surface area (Å²) in [4.78, 5) is 29.2. The molecular formula is C20H23BrN6O3. The van der Waals surface area contributed by atoms with Gasteiger partial charge in [0.25, 0.3) is 5.91 Å². The normalized spacial score (nSPS) is 11.3. The smallest absolute Gasteiger partial charge is 0.276 e. The van der Waals surface area contributed by atoms with Gasteiger partial charge in [-0.3, -0.25) is 19.6 Å². The van der Waals surface area contributed by atoms with E-state index >= 15 is 0 Å². The van der Waals surface area contributed by atoms with E-state index in [2.05, 4.69) is 31.3 Å². The number of hydrogen-bond donors (Lipinski definition) is 2. The van der Waals surface area contributed by atoms with Crippen LogP contribution in [0, 0.1) is 6.92 Å². The highest BCUT2D eigenvalue weighted by Crippen LogP contribution is 2.31. The predicted molar refractivity (Wildman–Crippen MR) is 118 cm³/mol. The van der Waals surface area contributed by atoms with Gasteiger partial charge in [0, 0.05) is 24.0 Å². The Morgan fingerprint density at radius 2 is 2.07 bits per heavy atom. The maximum Gasteiger partial charge on any atom is 0.276 e. The fourth-order valence-electron chi connectivity index (χ4n) is 3.18. The molecule has 2 amide bonds. The first-order chi connectivity index (χ1) is 14.4. The second-order valence-electron chi connectivity index (χ2n) is 6.52. The monoisotopic (exact) mass is 474 g/mol. The largest absolute Gasteiger partial charge is 0.494 e. The number of nitrogens with zero attached hydrogens (tertiary/aromatic N) is 4. The number of halogens is 1. The molecule has 30 heavy (non-hydrogen) atoms. The van der Waals surface area contributed by atoms with E-state index in [1.807, 2.05) is 30.6 Å². The number of fused-ring (bicyclic) bond motifs is 1. The van der Waals surface area contributed by atoms with Gasteiger partial charge >= 0.3 is 0 Å². The van der Waals surface area contributed by atoms with Crippen LogP contribution in [0.15, 0.2) is 30.4 Å². The molecule has 0 atom stereocenters. The number of benzene rings is 1. The molecule has 0 aliphatic heterocycles. The maximum absolute atomic E-state index is 12.9. The fraction of sp³-hybridized carbons (Fsp3) is 0.300. The van der Waals surface area contributed by atoms with E-state index in [4.69, 9.17) is 10.5 Å². The van der Waals surface area contributed by atoms with Crippen LogP contribution in [-0.4, -0.2) is 43.6 Å². The SMILES string of the molecule is CCn1nc(C)cc1C(=O)Nc1nc2cc(C(N)=O)cc(OC)c2n1CC=CCBr. The van der Waals surface area contributed by atoms with Gasteiger partial charge in [-0.25, -0.2) is 4.98 Å². The average molecular weight is 475 g/mol. The summed E-state index contributed by atoms with van der Waals surface area (Å²) in [5, 5.41) is 7.88. The predicted octanol–water partition coefficient (Wildman–Crippen LogP) is 2.87. The van der Waals surface area contributed by atoms with Crippen LogP contribution >= 0.6 is 15.9 Å². The Hall–Kier alpha value is -3.14. The highest BCUT2D eigenvalue weighted by Gasteiger charge is 2.21. The highest BCUT2D eigenvalue weighted by molar-refractivity contribution is 9.09. The molecule has 0 bridgehead atoms. The number of alkyl halides is 1. The van der Waals surface area contributed by atoms with Crippen molar-refractivity contribution in [3.63, 3.8) is 0 Å². The number of nitrogens with two attached hydrogens (primary N) is 1. The summed E-state index contributed by atoms with van der Waals surface area (Å²) in [6.07, 6.45) is 3.88. The molecule has 0 aliphatic rings. The molecule has 0 saturated carbocycles. The zero-order chi connectivity index (χ0) is 21.8. The average Bonchev–Trinajstić information content (AvgIpc) is 3.27. The molecule has 2 heterocycles. The van der Waals surface area contributed by atoms with E-state index in [0.29, 0.717) is 46.8 Å². The van der Waals surface area contributed by atoms with Crippen LogP contribution < -0.4 is 15.8 Å². The van der Waals surface area contributed by atoms with Gasteiger partial charge in [-0.2, -0.15) is 5.10 Å². The van der Waals surface area contributed by atoms with Gasteiger partial charge in [0.05, 0.1) is 18.3 Å². The minimum Gasteiger partial charge on any atom is -0.494 e. The molecule has 0 saturated heterocycles. The minimum atomic E-state index is -0.586. The molecule has 3 N–H and O–H groups in total. The molecule has 10 heteroatoms. The van der Waals surface area contributed by atoms with Gasteiger partial charge in [-0.1, -0.05) is 28.1 Å². The van der Waals surface area contributed by atoms with Crippen molar-refractivity contribution >= 4 is 44.7 Å². The third kappa shape index (κ3) is 4.23. The quantitative estimate of drug-likeness (QED) is 0.384. The van der Waals surface area contributed by atoms with E-state index in [0.717, 1.165) is 5.69 Å². The topological polar surface area (TPSA) is 117 Å². The second kappa shape index (κ2) is 9.12. The van der Waals surface area contributed by atoms with E-state index in [1.165, 1.54) is 7.11 Å². The molecule has 2 aromatic heterocycles. The molecule has 3 rings (SSSR count). The van der Waals surface area contributed by atoms with Crippen LogP contribution in [0.25, 0.3) is 11.0 Å². The van der Waals surface area contributed by atoms with Crippen molar-refractivity contribution in [3.05, 3.63) is 47.3 Å². The summed E-state index contributed by atoms with van der Waals surface area (Å²) in [5.74, 6) is -0.143. The second-order valence-corrected chi connectivity index (χ2v) is 7.17. The molecular weight excluding hydrogens is 452 g/mol. The summed E-state index contributed by atoms with van der Waals surface area (Å²) in [6.45, 7) is 4.76. The van der Waals surface area contributed by atoms with Gasteiger partial charge in [0.2, 0.25) is 11.9 Å². The molecule has 3 aromatic rings. The number of primary amides is 1. The Morgan fingerprint density at radius 3 is 2.70 bits per heavy atom. The number of ether oxygens (including phenoxy) is 1. The van der Waals surface area contributed by atoms with Gasteiger partial charge < -0.3 is 15.0 Å². The van der Waals surface area contributed by atoms with E-state index < -0.39 is 5.91 Å². The zero-order valence-electron chi connectivity index (χ0n) is 17.0. The van der Waals surface area contributed by atoms with Crippen molar-refractivity contribution in [3.8, 4) is 5.75 Å². The lowest BCUT2D eigenvalue weighted by molar-refractivity contribution is 0.0995. The van der Waals surface area contributed by atoms with E-state index in [9.17, 15) is 9.59 Å². The van der Waals surface area contributed by atoms with Crippen molar-refractivity contribution in [2.24, 2.45) is 5.73 Å². The number of hydrogen-bond acceptors (Lipinski definition) is 5. The van der Waals surface area contributed by atoms with Gasteiger partial charge in [0.15, 0.2) is 0 Å². The number of nitrogens with one attached hydrogen (secondary N) is 1. The molecule has 9 nitrogen and oxygen atoms in total. The number of carbonyl (C=O) groups is 2. The van der Waals surface area contributed by atoms with Crippen molar-refractivity contribution in [2.75, 3.05) is 17.8 Å². The number of imidazole rings is 1. The fourth-order valence-corrected chi connectivity index (χ4v) is 3.44. The van der Waals surface area contributed by atoms with Crippen LogP contribution in [0.1, 0.15) is 33.5 Å². The van der Waals surface area contributed by atoms with E-state index in [-0.39, 0.29) is 11.5 Å². The molecule has 1 aromatic carbocycles. The Kier molecular flexibility index (Phi) is 6.56. The Morgan fingerprint density at radius 1 is 1.30 bits per heavy atom. The minimum absolute atomic E-state index is 0.276. The standard InChI is InChI=1S/C20H23BrN6O3/c1-4-27-15(9-12(2)25-27)19(29)24-20-23-14-10-13(18(22)28)11-16(30-3)17(14)26(20)8-6-5-7-21/h5-6,9-11H,4,7-8H2,1-3H3,(H2,22,28)(H,23,24,29). The Labute approximate surface area is 182 Å². The lowest BCUT2D eigenvalue weighted by atomic mass is 10.1. The van der Waals surface area contributed by atoms with Crippen molar-refractivity contribution in [1.29, 1.82) is 0 Å². The number of allylic oxidation sites excluding steroid dienone is 2. The lowest BCUT2D eigenvalue weighted by Gasteiger charge is -2.11. The van der Waals surface area contributed by atoms with Crippen LogP contribution in [0.5, 0.6) is 5.75 Å². The molecule has 0 aliphatic carbocycles. The number of aryl methyl sites for hydroxylation is 2.